The molecule has 2 aromatic heterocycles. The molecule has 150 valence electrons. The van der Waals surface area contributed by atoms with Gasteiger partial charge in [0.25, 0.3) is 0 Å². The molecule has 1 aromatic carbocycles. The summed E-state index contributed by atoms with van der Waals surface area (Å²) in [7, 11) is 1.71. The number of pyridine rings is 1. The molecule has 2 heterocycles. The van der Waals surface area contributed by atoms with Crippen LogP contribution < -0.4 is 10.1 Å². The van der Waals surface area contributed by atoms with Gasteiger partial charge in [-0.15, -0.1) is 10.2 Å². The molecule has 2 atom stereocenters. The number of aromatic nitrogens is 3. The fraction of sp³-hybridized carbons (Fsp3) is 0.435. The van der Waals surface area contributed by atoms with Crippen LogP contribution in [0.4, 0.5) is 5.82 Å². The van der Waals surface area contributed by atoms with E-state index in [-0.39, 0.29) is 12.1 Å². The van der Waals surface area contributed by atoms with E-state index in [1.165, 1.54) is 18.4 Å². The van der Waals surface area contributed by atoms with Crippen LogP contribution in [0.5, 0.6) is 5.75 Å². The molecule has 6 heteroatoms. The minimum Gasteiger partial charge on any atom is -0.496 e. The van der Waals surface area contributed by atoms with Crippen LogP contribution in [-0.2, 0) is 0 Å². The lowest BCUT2D eigenvalue weighted by Crippen LogP contribution is -2.30. The highest BCUT2D eigenvalue weighted by atomic mass is 16.5. The van der Waals surface area contributed by atoms with Crippen molar-refractivity contribution in [3.05, 3.63) is 42.2 Å². The molecule has 5 rings (SSSR count). The van der Waals surface area contributed by atoms with Gasteiger partial charge in [0.15, 0.2) is 5.82 Å². The average Bonchev–Trinajstić information content (AvgIpc) is 3.59. The lowest BCUT2D eigenvalue weighted by molar-refractivity contribution is 0.124. The average molecular weight is 390 g/mol. The number of aliphatic hydroxyl groups excluding tert-OH is 1. The quantitative estimate of drug-likeness (QED) is 0.676. The topological polar surface area (TPSA) is 80.2 Å². The van der Waals surface area contributed by atoms with Gasteiger partial charge in [-0.2, -0.15) is 0 Å². The molecule has 0 radical (unpaired) electrons. The predicted octanol–water partition coefficient (Wildman–Crippen LogP) is 4.29. The number of ether oxygens (including phenoxy) is 1. The molecular weight excluding hydrogens is 364 g/mol. The van der Waals surface area contributed by atoms with E-state index < -0.39 is 0 Å². The van der Waals surface area contributed by atoms with Crippen LogP contribution in [0.25, 0.3) is 22.0 Å². The number of methoxy groups -OCH3 is 1. The highest BCUT2D eigenvalue weighted by Crippen LogP contribution is 2.43. The summed E-state index contributed by atoms with van der Waals surface area (Å²) in [6.45, 7) is 0. The summed E-state index contributed by atoms with van der Waals surface area (Å²) >= 11 is 0. The summed E-state index contributed by atoms with van der Waals surface area (Å²) in [5, 5.41) is 24.5. The van der Waals surface area contributed by atoms with E-state index in [0.29, 0.717) is 5.92 Å². The molecular formula is C23H26N4O2. The van der Waals surface area contributed by atoms with E-state index in [1.54, 1.807) is 13.3 Å². The number of fused-ring (bicyclic) bond motifs is 1. The number of hydrogen-bond donors (Lipinski definition) is 2. The Labute approximate surface area is 170 Å². The second-order valence-electron chi connectivity index (χ2n) is 8.21. The first-order valence-corrected chi connectivity index (χ1v) is 10.5. The van der Waals surface area contributed by atoms with Crippen molar-refractivity contribution in [2.45, 2.75) is 56.6 Å². The molecule has 3 aromatic rings. The van der Waals surface area contributed by atoms with Crippen molar-refractivity contribution >= 4 is 16.6 Å². The molecule has 2 aliphatic rings. The second-order valence-corrected chi connectivity index (χ2v) is 8.21. The van der Waals surface area contributed by atoms with Crippen LogP contribution in [0.3, 0.4) is 0 Å². The van der Waals surface area contributed by atoms with Crippen LogP contribution in [0, 0.1) is 0 Å². The SMILES string of the molecule is COc1cc(C2CC2)ccc1-c1nnc(N[C@@H]2CCC[C@H](O)C2)c2cnccc12. The smallest absolute Gasteiger partial charge is 0.158 e. The van der Waals surface area contributed by atoms with E-state index >= 15 is 0 Å². The van der Waals surface area contributed by atoms with Crippen LogP contribution in [0.2, 0.25) is 0 Å². The van der Waals surface area contributed by atoms with Gasteiger partial charge < -0.3 is 15.2 Å². The molecule has 2 saturated carbocycles. The van der Waals surface area contributed by atoms with Gasteiger partial charge in [0.05, 0.1) is 13.2 Å². The Morgan fingerprint density at radius 1 is 1.07 bits per heavy atom. The molecule has 2 N–H and O–H groups in total. The monoisotopic (exact) mass is 390 g/mol. The van der Waals surface area contributed by atoms with Gasteiger partial charge in [0.2, 0.25) is 0 Å². The first kappa shape index (κ1) is 18.3. The van der Waals surface area contributed by atoms with E-state index in [2.05, 4.69) is 38.7 Å². The summed E-state index contributed by atoms with van der Waals surface area (Å²) in [6, 6.07) is 8.60. The van der Waals surface area contributed by atoms with Crippen molar-refractivity contribution < 1.29 is 9.84 Å². The molecule has 0 bridgehead atoms. The van der Waals surface area contributed by atoms with Crippen molar-refractivity contribution in [2.75, 3.05) is 12.4 Å². The zero-order chi connectivity index (χ0) is 19.8. The van der Waals surface area contributed by atoms with E-state index in [9.17, 15) is 5.11 Å². The van der Waals surface area contributed by atoms with Gasteiger partial charge >= 0.3 is 0 Å². The van der Waals surface area contributed by atoms with E-state index in [1.807, 2.05) is 12.3 Å². The standard InChI is InChI=1S/C23H26N4O2/c1-29-21-11-15(14-5-6-14)7-8-19(21)22-18-9-10-24-13-20(18)23(27-26-22)25-16-3-2-4-17(28)12-16/h7-11,13-14,16-17,28H,2-6,12H2,1H3,(H,25,27)/t16-,17+/m1/s1. The maximum Gasteiger partial charge on any atom is 0.158 e. The Morgan fingerprint density at radius 2 is 1.97 bits per heavy atom. The zero-order valence-electron chi connectivity index (χ0n) is 16.6. The van der Waals surface area contributed by atoms with Crippen LogP contribution in [0.1, 0.15) is 50.0 Å². The molecule has 2 fully saturated rings. The summed E-state index contributed by atoms with van der Waals surface area (Å²) in [4.78, 5) is 4.32. The minimum atomic E-state index is -0.243. The third kappa shape index (κ3) is 3.65. The van der Waals surface area contributed by atoms with Crippen LogP contribution in [0.15, 0.2) is 36.7 Å². The number of hydrogen-bond acceptors (Lipinski definition) is 6. The van der Waals surface area contributed by atoms with Crippen molar-refractivity contribution in [1.82, 2.24) is 15.2 Å². The van der Waals surface area contributed by atoms with Crippen molar-refractivity contribution in [3.63, 3.8) is 0 Å². The lowest BCUT2D eigenvalue weighted by Gasteiger charge is -2.27. The van der Waals surface area contributed by atoms with Gasteiger partial charge in [-0.1, -0.05) is 6.07 Å². The zero-order valence-corrected chi connectivity index (χ0v) is 16.6. The Kier molecular flexibility index (Phi) is 4.79. The number of rotatable bonds is 5. The molecule has 29 heavy (non-hydrogen) atoms. The maximum absolute atomic E-state index is 9.98. The third-order valence-corrected chi connectivity index (χ3v) is 6.10. The molecule has 0 aliphatic heterocycles. The van der Waals surface area contributed by atoms with Crippen molar-refractivity contribution in [3.8, 4) is 17.0 Å². The summed E-state index contributed by atoms with van der Waals surface area (Å²) in [6.07, 6.45) is 9.55. The number of anilines is 1. The van der Waals surface area contributed by atoms with Gasteiger partial charge in [-0.3, -0.25) is 4.98 Å². The number of nitrogens with one attached hydrogen (secondary N) is 1. The Balaban J connectivity index is 1.54. The maximum atomic E-state index is 9.98. The second kappa shape index (κ2) is 7.59. The molecule has 0 unspecified atom stereocenters. The highest BCUT2D eigenvalue weighted by Gasteiger charge is 2.26. The first-order valence-electron chi connectivity index (χ1n) is 10.5. The number of benzene rings is 1. The van der Waals surface area contributed by atoms with E-state index in [4.69, 9.17) is 4.74 Å². The van der Waals surface area contributed by atoms with Gasteiger partial charge in [0, 0.05) is 34.8 Å². The van der Waals surface area contributed by atoms with E-state index in [0.717, 1.165) is 59.3 Å². The Bertz CT molecular complexity index is 1030. The molecule has 2 aliphatic carbocycles. The Morgan fingerprint density at radius 3 is 2.76 bits per heavy atom. The van der Waals surface area contributed by atoms with Gasteiger partial charge in [-0.25, -0.2) is 0 Å². The number of aliphatic hydroxyl groups is 1. The predicted molar refractivity (Wildman–Crippen MR) is 113 cm³/mol. The number of nitrogens with zero attached hydrogens (tertiary/aromatic N) is 3. The first-order chi connectivity index (χ1) is 14.2. The normalized spacial score (nSPS) is 21.9. The summed E-state index contributed by atoms with van der Waals surface area (Å²) < 4.78 is 5.70. The lowest BCUT2D eigenvalue weighted by atomic mass is 9.93. The minimum absolute atomic E-state index is 0.203. The molecule has 6 nitrogen and oxygen atoms in total. The van der Waals surface area contributed by atoms with Gasteiger partial charge in [-0.05, 0) is 68.2 Å². The molecule has 0 amide bonds. The fourth-order valence-corrected chi connectivity index (χ4v) is 4.37. The largest absolute Gasteiger partial charge is 0.496 e. The molecule has 0 spiro atoms. The molecule has 0 saturated heterocycles. The van der Waals surface area contributed by atoms with Crippen molar-refractivity contribution in [1.29, 1.82) is 0 Å². The van der Waals surface area contributed by atoms with Crippen molar-refractivity contribution in [2.24, 2.45) is 0 Å². The highest BCUT2D eigenvalue weighted by molar-refractivity contribution is 6.00. The van der Waals surface area contributed by atoms with Gasteiger partial charge in [0.1, 0.15) is 11.4 Å². The fourth-order valence-electron chi connectivity index (χ4n) is 4.37. The summed E-state index contributed by atoms with van der Waals surface area (Å²) in [5.74, 6) is 2.23. The third-order valence-electron chi connectivity index (χ3n) is 6.10. The summed E-state index contributed by atoms with van der Waals surface area (Å²) in [5.41, 5.74) is 3.08. The van der Waals surface area contributed by atoms with Crippen LogP contribution >= 0.6 is 0 Å². The Hall–Kier alpha value is -2.73. The van der Waals surface area contributed by atoms with Crippen LogP contribution in [-0.4, -0.2) is 39.5 Å².